The van der Waals surface area contributed by atoms with E-state index in [-0.39, 0.29) is 23.0 Å². The van der Waals surface area contributed by atoms with Crippen LogP contribution in [0.2, 0.25) is 0 Å². The number of amides is 2. The third-order valence-electron chi connectivity index (χ3n) is 6.38. The van der Waals surface area contributed by atoms with Gasteiger partial charge in [0.1, 0.15) is 12.6 Å². The van der Waals surface area contributed by atoms with Crippen molar-refractivity contribution in [3.8, 4) is 11.5 Å². The Hall–Kier alpha value is -4.05. The van der Waals surface area contributed by atoms with E-state index in [1.54, 1.807) is 30.3 Å². The summed E-state index contributed by atoms with van der Waals surface area (Å²) >= 11 is 0. The van der Waals surface area contributed by atoms with Gasteiger partial charge in [0.2, 0.25) is 11.8 Å². The number of nitrogens with zero attached hydrogens (tertiary/aromatic N) is 2. The molecule has 0 aromatic heterocycles. The second-order valence-electron chi connectivity index (χ2n) is 8.73. The molecule has 39 heavy (non-hydrogen) atoms. The Labute approximate surface area is 230 Å². The summed E-state index contributed by atoms with van der Waals surface area (Å²) in [5.41, 5.74) is 1.22. The summed E-state index contributed by atoms with van der Waals surface area (Å²) in [6.07, 6.45) is 0.865. The highest BCUT2D eigenvalue weighted by Gasteiger charge is 2.33. The summed E-state index contributed by atoms with van der Waals surface area (Å²) in [5.74, 6) is -0.0913. The van der Waals surface area contributed by atoms with Crippen LogP contribution in [0.15, 0.2) is 83.8 Å². The molecule has 3 rings (SSSR count). The van der Waals surface area contributed by atoms with Crippen molar-refractivity contribution in [1.82, 2.24) is 10.2 Å². The van der Waals surface area contributed by atoms with Crippen molar-refractivity contribution >= 4 is 27.5 Å². The molecule has 2 amide bonds. The van der Waals surface area contributed by atoms with E-state index in [4.69, 9.17) is 9.47 Å². The third-order valence-corrected chi connectivity index (χ3v) is 8.17. The molecule has 0 unspecified atom stereocenters. The van der Waals surface area contributed by atoms with Crippen LogP contribution in [-0.2, 0) is 26.0 Å². The molecule has 1 N–H and O–H groups in total. The number of anilines is 1. The minimum absolute atomic E-state index is 0.0294. The van der Waals surface area contributed by atoms with E-state index >= 15 is 0 Å². The van der Waals surface area contributed by atoms with E-state index in [9.17, 15) is 18.0 Å². The van der Waals surface area contributed by atoms with Crippen molar-refractivity contribution in [2.75, 3.05) is 38.7 Å². The minimum atomic E-state index is -4.16. The van der Waals surface area contributed by atoms with Crippen LogP contribution in [-0.4, -0.2) is 65.5 Å². The van der Waals surface area contributed by atoms with Crippen LogP contribution in [0.5, 0.6) is 11.5 Å². The Bertz CT molecular complexity index is 1350. The first-order chi connectivity index (χ1) is 18.8. The van der Waals surface area contributed by atoms with Crippen molar-refractivity contribution < 1.29 is 27.5 Å². The number of hydrogen-bond acceptors (Lipinski definition) is 6. The smallest absolute Gasteiger partial charge is 0.264 e. The van der Waals surface area contributed by atoms with Gasteiger partial charge in [-0.25, -0.2) is 8.42 Å². The maximum absolute atomic E-state index is 13.9. The summed E-state index contributed by atoms with van der Waals surface area (Å²) in [6.45, 7) is 1.53. The average molecular weight is 554 g/mol. The standard InChI is InChI=1S/C29H35N3O6S/c1-5-25(29(34)30-2)31(19-18-22-12-8-6-9-13-22)28(33)21-32(39(35,36)24-14-10-7-11-15-24)23-16-17-26(37-3)27(20-23)38-4/h6-17,20,25H,5,18-19,21H2,1-4H3,(H,30,34)/t25-/m1/s1. The maximum atomic E-state index is 13.9. The monoisotopic (exact) mass is 553 g/mol. The summed E-state index contributed by atoms with van der Waals surface area (Å²) in [6, 6.07) is 21.4. The van der Waals surface area contributed by atoms with E-state index in [1.807, 2.05) is 37.3 Å². The summed E-state index contributed by atoms with van der Waals surface area (Å²) in [7, 11) is 0.279. The van der Waals surface area contributed by atoms with Gasteiger partial charge in [-0.3, -0.25) is 13.9 Å². The lowest BCUT2D eigenvalue weighted by Crippen LogP contribution is -2.52. The zero-order valence-corrected chi connectivity index (χ0v) is 23.5. The van der Waals surface area contributed by atoms with Gasteiger partial charge < -0.3 is 19.7 Å². The molecule has 1 atom stereocenters. The average Bonchev–Trinajstić information content (AvgIpc) is 2.98. The number of carbonyl (C=O) groups is 2. The number of likely N-dealkylation sites (N-methyl/N-ethyl adjacent to an activating group) is 1. The Morgan fingerprint density at radius 3 is 2.08 bits per heavy atom. The highest BCUT2D eigenvalue weighted by atomic mass is 32.2. The number of ether oxygens (including phenoxy) is 2. The number of sulfonamides is 1. The molecule has 0 aliphatic carbocycles. The third kappa shape index (κ3) is 7.08. The fraction of sp³-hybridized carbons (Fsp3) is 0.310. The van der Waals surface area contributed by atoms with Crippen LogP contribution in [0.1, 0.15) is 18.9 Å². The molecule has 0 aliphatic rings. The van der Waals surface area contributed by atoms with Crippen LogP contribution in [0, 0.1) is 0 Å². The lowest BCUT2D eigenvalue weighted by atomic mass is 10.1. The van der Waals surface area contributed by atoms with Crippen LogP contribution in [0.3, 0.4) is 0 Å². The lowest BCUT2D eigenvalue weighted by molar-refractivity contribution is -0.139. The molecule has 9 nitrogen and oxygen atoms in total. The van der Waals surface area contributed by atoms with Gasteiger partial charge in [0.25, 0.3) is 10.0 Å². The van der Waals surface area contributed by atoms with Crippen LogP contribution < -0.4 is 19.1 Å². The number of nitrogens with one attached hydrogen (secondary N) is 1. The first-order valence-corrected chi connectivity index (χ1v) is 14.1. The van der Waals surface area contributed by atoms with Gasteiger partial charge in [0, 0.05) is 19.7 Å². The van der Waals surface area contributed by atoms with E-state index in [1.165, 1.54) is 44.4 Å². The maximum Gasteiger partial charge on any atom is 0.264 e. The summed E-state index contributed by atoms with van der Waals surface area (Å²) < 4.78 is 39.5. The van der Waals surface area contributed by atoms with E-state index in [0.29, 0.717) is 24.3 Å². The first kappa shape index (κ1) is 29.5. The van der Waals surface area contributed by atoms with Crippen LogP contribution in [0.4, 0.5) is 5.69 Å². The predicted octanol–water partition coefficient (Wildman–Crippen LogP) is 3.50. The van der Waals surface area contributed by atoms with Gasteiger partial charge in [-0.1, -0.05) is 55.5 Å². The molecule has 0 radical (unpaired) electrons. The molecular formula is C29H35N3O6S. The van der Waals surface area contributed by atoms with Crippen molar-refractivity contribution in [3.63, 3.8) is 0 Å². The molecule has 0 bridgehead atoms. The molecule has 3 aromatic rings. The highest BCUT2D eigenvalue weighted by molar-refractivity contribution is 7.92. The number of rotatable bonds is 13. The number of methoxy groups -OCH3 is 2. The molecule has 208 valence electrons. The molecule has 0 saturated carbocycles. The predicted molar refractivity (Wildman–Crippen MR) is 151 cm³/mol. The molecule has 0 aliphatic heterocycles. The Morgan fingerprint density at radius 2 is 1.51 bits per heavy atom. The van der Waals surface area contributed by atoms with Crippen molar-refractivity contribution in [2.45, 2.75) is 30.7 Å². The van der Waals surface area contributed by atoms with Crippen molar-refractivity contribution in [2.24, 2.45) is 0 Å². The SMILES string of the molecule is CC[C@H](C(=O)NC)N(CCc1ccccc1)C(=O)CN(c1ccc(OC)c(OC)c1)S(=O)(=O)c1ccccc1. The fourth-order valence-corrected chi connectivity index (χ4v) is 5.72. The lowest BCUT2D eigenvalue weighted by Gasteiger charge is -2.33. The molecule has 0 heterocycles. The normalized spacial score (nSPS) is 11.8. The molecule has 0 saturated heterocycles. The number of carbonyl (C=O) groups excluding carboxylic acids is 2. The molecule has 0 fully saturated rings. The first-order valence-electron chi connectivity index (χ1n) is 12.6. The summed E-state index contributed by atoms with van der Waals surface area (Å²) in [4.78, 5) is 28.2. The van der Waals surface area contributed by atoms with Gasteiger partial charge in [0.15, 0.2) is 11.5 Å². The molecular weight excluding hydrogens is 518 g/mol. The zero-order chi connectivity index (χ0) is 28.4. The fourth-order valence-electron chi connectivity index (χ4n) is 4.29. The summed E-state index contributed by atoms with van der Waals surface area (Å²) in [5, 5.41) is 2.62. The van der Waals surface area contributed by atoms with Crippen LogP contribution >= 0.6 is 0 Å². The number of hydrogen-bond donors (Lipinski definition) is 1. The van der Waals surface area contributed by atoms with Gasteiger partial charge in [0.05, 0.1) is 24.8 Å². The van der Waals surface area contributed by atoms with Crippen molar-refractivity contribution in [3.05, 3.63) is 84.4 Å². The van der Waals surface area contributed by atoms with Gasteiger partial charge in [-0.05, 0) is 42.7 Å². The zero-order valence-electron chi connectivity index (χ0n) is 22.7. The van der Waals surface area contributed by atoms with Gasteiger partial charge in [-0.2, -0.15) is 0 Å². The van der Waals surface area contributed by atoms with E-state index in [2.05, 4.69) is 5.32 Å². The Balaban J connectivity index is 2.05. The molecule has 0 spiro atoms. The highest BCUT2D eigenvalue weighted by Crippen LogP contribution is 2.34. The second kappa shape index (κ2) is 13.7. The van der Waals surface area contributed by atoms with Gasteiger partial charge in [-0.15, -0.1) is 0 Å². The largest absolute Gasteiger partial charge is 0.493 e. The Kier molecular flexibility index (Phi) is 10.3. The second-order valence-corrected chi connectivity index (χ2v) is 10.6. The van der Waals surface area contributed by atoms with E-state index in [0.717, 1.165) is 9.87 Å². The van der Waals surface area contributed by atoms with Gasteiger partial charge >= 0.3 is 0 Å². The number of benzene rings is 3. The topological polar surface area (TPSA) is 105 Å². The Morgan fingerprint density at radius 1 is 0.897 bits per heavy atom. The molecule has 10 heteroatoms. The van der Waals surface area contributed by atoms with E-state index < -0.39 is 28.5 Å². The van der Waals surface area contributed by atoms with Crippen molar-refractivity contribution in [1.29, 1.82) is 0 Å². The minimum Gasteiger partial charge on any atom is -0.493 e. The molecule has 3 aromatic carbocycles. The van der Waals surface area contributed by atoms with Crippen LogP contribution in [0.25, 0.3) is 0 Å². The quantitative estimate of drug-likeness (QED) is 0.347.